The van der Waals surface area contributed by atoms with Crippen LogP contribution in [0.15, 0.2) is 18.2 Å². The zero-order valence-electron chi connectivity index (χ0n) is 11.9. The van der Waals surface area contributed by atoms with Crippen molar-refractivity contribution in [1.82, 2.24) is 5.32 Å². The average Bonchev–Trinajstić information content (AvgIpc) is 2.32. The van der Waals surface area contributed by atoms with E-state index in [0.29, 0.717) is 18.3 Å². The number of alkyl halides is 3. The van der Waals surface area contributed by atoms with Crippen LogP contribution >= 0.6 is 0 Å². The van der Waals surface area contributed by atoms with Crippen LogP contribution in [0, 0.1) is 6.92 Å². The predicted octanol–water partition coefficient (Wildman–Crippen LogP) is 3.41. The minimum Gasteiger partial charge on any atom is -0.491 e. The van der Waals surface area contributed by atoms with Crippen molar-refractivity contribution in [3.8, 4) is 5.75 Å². The Labute approximate surface area is 117 Å². The number of aryl methyl sites for hydroxylation is 1. The van der Waals surface area contributed by atoms with Crippen LogP contribution in [-0.2, 0) is 11.3 Å². The van der Waals surface area contributed by atoms with Crippen LogP contribution < -0.4 is 10.1 Å². The highest BCUT2D eigenvalue weighted by atomic mass is 19.4. The topological polar surface area (TPSA) is 30.5 Å². The summed E-state index contributed by atoms with van der Waals surface area (Å²) in [6.07, 6.45) is -4.61. The van der Waals surface area contributed by atoms with Gasteiger partial charge in [0.1, 0.15) is 12.4 Å². The van der Waals surface area contributed by atoms with E-state index >= 15 is 0 Å². The maximum atomic E-state index is 11.9. The van der Waals surface area contributed by atoms with Crippen molar-refractivity contribution >= 4 is 0 Å². The molecule has 0 bridgehead atoms. The molecule has 0 spiro atoms. The molecule has 3 nitrogen and oxygen atoms in total. The smallest absolute Gasteiger partial charge is 0.491 e. The third-order valence-corrected chi connectivity index (χ3v) is 2.59. The fourth-order valence-electron chi connectivity index (χ4n) is 1.67. The first-order valence-electron chi connectivity index (χ1n) is 6.45. The highest BCUT2D eigenvalue weighted by Gasteiger charge is 2.28. The summed E-state index contributed by atoms with van der Waals surface area (Å²) in [5.74, 6) is 0.617. The van der Waals surface area contributed by atoms with Gasteiger partial charge in [-0.05, 0) is 12.5 Å². The Bertz CT molecular complexity index is 419. The molecule has 0 amide bonds. The zero-order chi connectivity index (χ0) is 15.2. The Kier molecular flexibility index (Phi) is 6.29. The number of para-hydroxylation sites is 1. The molecule has 0 saturated carbocycles. The number of hydrogen-bond acceptors (Lipinski definition) is 3. The van der Waals surface area contributed by atoms with Gasteiger partial charge < -0.3 is 10.1 Å². The molecular weight excluding hydrogens is 271 g/mol. The van der Waals surface area contributed by atoms with Crippen LogP contribution in [0.5, 0.6) is 5.75 Å². The van der Waals surface area contributed by atoms with E-state index in [1.807, 2.05) is 39.0 Å². The summed E-state index contributed by atoms with van der Waals surface area (Å²) in [5, 5.41) is 3.25. The maximum Gasteiger partial charge on any atom is 0.522 e. The summed E-state index contributed by atoms with van der Waals surface area (Å²) < 4.78 is 44.7. The lowest BCUT2D eigenvalue weighted by Gasteiger charge is -2.16. The first-order chi connectivity index (χ1) is 9.29. The van der Waals surface area contributed by atoms with Gasteiger partial charge in [-0.25, -0.2) is 0 Å². The predicted molar refractivity (Wildman–Crippen MR) is 70.7 cm³/mol. The summed E-state index contributed by atoms with van der Waals surface area (Å²) in [4.78, 5) is 0. The van der Waals surface area contributed by atoms with Gasteiger partial charge in [0.05, 0.1) is 6.61 Å². The molecule has 0 heterocycles. The molecule has 0 atom stereocenters. The SMILES string of the molecule is Cc1cccc(CNC(C)C)c1OCCOC(F)(F)F. The lowest BCUT2D eigenvalue weighted by atomic mass is 10.1. The molecule has 20 heavy (non-hydrogen) atoms. The standard InChI is InChI=1S/C14H20F3NO2/c1-10(2)18-9-12-6-4-5-11(3)13(12)19-7-8-20-14(15,16)17/h4-6,10,18H,7-9H2,1-3H3. The van der Waals surface area contributed by atoms with E-state index in [4.69, 9.17) is 4.74 Å². The van der Waals surface area contributed by atoms with E-state index in [2.05, 4.69) is 10.1 Å². The molecule has 1 N–H and O–H groups in total. The molecule has 1 aromatic carbocycles. The largest absolute Gasteiger partial charge is 0.522 e. The van der Waals surface area contributed by atoms with Crippen LogP contribution in [-0.4, -0.2) is 25.6 Å². The molecule has 0 aliphatic heterocycles. The Balaban J connectivity index is 2.58. The summed E-state index contributed by atoms with van der Waals surface area (Å²) in [6, 6.07) is 5.96. The van der Waals surface area contributed by atoms with Gasteiger partial charge in [0.2, 0.25) is 0 Å². The first kappa shape index (κ1) is 16.8. The fraction of sp³-hybridized carbons (Fsp3) is 0.571. The van der Waals surface area contributed by atoms with Crippen LogP contribution in [0.4, 0.5) is 13.2 Å². The summed E-state index contributed by atoms with van der Waals surface area (Å²) in [6.45, 7) is 5.85. The molecule has 0 aliphatic carbocycles. The van der Waals surface area contributed by atoms with Crippen LogP contribution in [0.1, 0.15) is 25.0 Å². The van der Waals surface area contributed by atoms with Gasteiger partial charge in [0.15, 0.2) is 0 Å². The number of hydrogen-bond donors (Lipinski definition) is 1. The minimum absolute atomic E-state index is 0.140. The van der Waals surface area contributed by atoms with Gasteiger partial charge in [-0.2, -0.15) is 0 Å². The highest BCUT2D eigenvalue weighted by Crippen LogP contribution is 2.24. The quantitative estimate of drug-likeness (QED) is 0.781. The van der Waals surface area contributed by atoms with Crippen LogP contribution in [0.2, 0.25) is 0 Å². The number of rotatable bonds is 7. The van der Waals surface area contributed by atoms with Gasteiger partial charge in [-0.15, -0.1) is 13.2 Å². The van der Waals surface area contributed by atoms with Crippen molar-refractivity contribution in [3.63, 3.8) is 0 Å². The molecule has 6 heteroatoms. The molecule has 1 rings (SSSR count). The first-order valence-corrected chi connectivity index (χ1v) is 6.45. The maximum absolute atomic E-state index is 11.9. The van der Waals surface area contributed by atoms with Crippen molar-refractivity contribution in [1.29, 1.82) is 0 Å². The highest BCUT2D eigenvalue weighted by molar-refractivity contribution is 5.40. The molecule has 0 saturated heterocycles. The van der Waals surface area contributed by atoms with E-state index in [1.165, 1.54) is 0 Å². The third-order valence-electron chi connectivity index (χ3n) is 2.59. The van der Waals surface area contributed by atoms with Crippen LogP contribution in [0.25, 0.3) is 0 Å². The van der Waals surface area contributed by atoms with Crippen molar-refractivity contribution in [2.45, 2.75) is 39.7 Å². The molecule has 0 unspecified atom stereocenters. The van der Waals surface area contributed by atoms with Gasteiger partial charge in [-0.1, -0.05) is 32.0 Å². The minimum atomic E-state index is -4.61. The monoisotopic (exact) mass is 291 g/mol. The third kappa shape index (κ3) is 6.25. The van der Waals surface area contributed by atoms with E-state index < -0.39 is 13.0 Å². The molecule has 0 fully saturated rings. The number of halogens is 3. The molecular formula is C14H20F3NO2. The Morgan fingerprint density at radius 2 is 1.90 bits per heavy atom. The van der Waals surface area contributed by atoms with E-state index in [0.717, 1.165) is 11.1 Å². The van der Waals surface area contributed by atoms with Crippen molar-refractivity contribution in [3.05, 3.63) is 29.3 Å². The normalized spacial score (nSPS) is 11.9. The fourth-order valence-corrected chi connectivity index (χ4v) is 1.67. The van der Waals surface area contributed by atoms with E-state index in [1.54, 1.807) is 0 Å². The lowest BCUT2D eigenvalue weighted by Crippen LogP contribution is -2.23. The second-order valence-electron chi connectivity index (χ2n) is 4.74. The van der Waals surface area contributed by atoms with E-state index in [9.17, 15) is 13.2 Å². The molecule has 0 radical (unpaired) electrons. The van der Waals surface area contributed by atoms with Crippen molar-refractivity contribution in [2.75, 3.05) is 13.2 Å². The number of ether oxygens (including phenoxy) is 2. The Morgan fingerprint density at radius 3 is 2.50 bits per heavy atom. The summed E-state index contributed by atoms with van der Waals surface area (Å²) >= 11 is 0. The lowest BCUT2D eigenvalue weighted by molar-refractivity contribution is -0.325. The van der Waals surface area contributed by atoms with Gasteiger partial charge >= 0.3 is 6.36 Å². The molecule has 114 valence electrons. The van der Waals surface area contributed by atoms with Crippen LogP contribution in [0.3, 0.4) is 0 Å². The Morgan fingerprint density at radius 1 is 1.20 bits per heavy atom. The van der Waals surface area contributed by atoms with Gasteiger partial charge in [0, 0.05) is 18.2 Å². The molecule has 0 aliphatic rings. The van der Waals surface area contributed by atoms with Gasteiger partial charge in [-0.3, -0.25) is 4.74 Å². The second kappa shape index (κ2) is 7.50. The molecule has 0 aromatic heterocycles. The van der Waals surface area contributed by atoms with Gasteiger partial charge in [0.25, 0.3) is 0 Å². The van der Waals surface area contributed by atoms with Crippen molar-refractivity contribution < 1.29 is 22.6 Å². The second-order valence-corrected chi connectivity index (χ2v) is 4.74. The van der Waals surface area contributed by atoms with Crippen molar-refractivity contribution in [2.24, 2.45) is 0 Å². The zero-order valence-corrected chi connectivity index (χ0v) is 11.9. The van der Waals surface area contributed by atoms with E-state index in [-0.39, 0.29) is 6.61 Å². The summed E-state index contributed by atoms with van der Waals surface area (Å²) in [7, 11) is 0. The average molecular weight is 291 g/mol. The number of nitrogens with one attached hydrogen (secondary N) is 1. The molecule has 1 aromatic rings. The number of benzene rings is 1. The summed E-state index contributed by atoms with van der Waals surface area (Å²) in [5.41, 5.74) is 1.81. The Hall–Kier alpha value is -1.27.